The maximum Gasteiger partial charge on any atom is 0.123 e. The van der Waals surface area contributed by atoms with Crippen LogP contribution in [-0.4, -0.2) is 10.9 Å². The molecular weight excluding hydrogens is 263 g/mol. The van der Waals surface area contributed by atoms with Crippen LogP contribution in [0.5, 0.6) is 0 Å². The minimum atomic E-state index is -0.182. The third-order valence-electron chi connectivity index (χ3n) is 3.84. The maximum absolute atomic E-state index is 13.5. The van der Waals surface area contributed by atoms with Gasteiger partial charge in [0.05, 0.1) is 0 Å². The van der Waals surface area contributed by atoms with Crippen molar-refractivity contribution >= 4 is 5.69 Å². The normalized spacial score (nSPS) is 11.3. The van der Waals surface area contributed by atoms with E-state index in [0.717, 1.165) is 35.5 Å². The molecule has 0 aliphatic rings. The first-order valence-corrected chi connectivity index (χ1v) is 7.30. The van der Waals surface area contributed by atoms with Crippen molar-refractivity contribution in [1.82, 2.24) is 4.90 Å². The molecule has 2 rings (SSSR count). The van der Waals surface area contributed by atoms with E-state index in [9.17, 15) is 4.39 Å². The average Bonchev–Trinajstić information content (AvgIpc) is 2.44. The Kier molecular flexibility index (Phi) is 4.97. The Labute approximate surface area is 126 Å². The molecule has 0 spiro atoms. The summed E-state index contributed by atoms with van der Waals surface area (Å²) in [5.74, 6) is -0.182. The first-order chi connectivity index (χ1) is 9.97. The molecule has 0 heterocycles. The summed E-state index contributed by atoms with van der Waals surface area (Å²) in [6.45, 7) is 7.79. The highest BCUT2D eigenvalue weighted by Crippen LogP contribution is 2.19. The van der Waals surface area contributed by atoms with Crippen molar-refractivity contribution in [2.45, 2.75) is 39.9 Å². The summed E-state index contributed by atoms with van der Waals surface area (Å²) in [5.41, 5.74) is 10.1. The Balaban J connectivity index is 2.20. The van der Waals surface area contributed by atoms with Crippen molar-refractivity contribution in [3.05, 3.63) is 65.0 Å². The van der Waals surface area contributed by atoms with Crippen molar-refractivity contribution < 1.29 is 4.39 Å². The molecule has 0 aromatic heterocycles. The molecule has 0 bridgehead atoms. The highest BCUT2D eigenvalue weighted by atomic mass is 19.1. The molecule has 0 aliphatic heterocycles. The molecule has 0 aliphatic carbocycles. The first kappa shape index (κ1) is 15.5. The predicted molar refractivity (Wildman–Crippen MR) is 86.4 cm³/mol. The van der Waals surface area contributed by atoms with Crippen molar-refractivity contribution in [2.75, 3.05) is 5.73 Å². The van der Waals surface area contributed by atoms with E-state index in [-0.39, 0.29) is 5.82 Å². The molecule has 112 valence electrons. The standard InChI is InChI=1S/C18H23FN2/c1-13(2)21(11-15-6-4-5-7-18(15)20)12-16-10-17(19)9-8-14(16)3/h4-10,13H,11-12,20H2,1-3H3. The lowest BCUT2D eigenvalue weighted by atomic mass is 10.1. The molecule has 0 saturated heterocycles. The van der Waals surface area contributed by atoms with Crippen LogP contribution in [0.1, 0.15) is 30.5 Å². The van der Waals surface area contributed by atoms with Gasteiger partial charge in [-0.15, -0.1) is 0 Å². The number of nitrogens with zero attached hydrogens (tertiary/aromatic N) is 1. The van der Waals surface area contributed by atoms with Gasteiger partial charge in [-0.3, -0.25) is 4.90 Å². The molecular formula is C18H23FN2. The van der Waals surface area contributed by atoms with Gasteiger partial charge in [0.1, 0.15) is 5.82 Å². The molecule has 0 amide bonds. The van der Waals surface area contributed by atoms with Gasteiger partial charge in [0.2, 0.25) is 0 Å². The number of aryl methyl sites for hydroxylation is 1. The van der Waals surface area contributed by atoms with Gasteiger partial charge in [0.25, 0.3) is 0 Å². The van der Waals surface area contributed by atoms with E-state index in [2.05, 4.69) is 18.7 Å². The fourth-order valence-corrected chi connectivity index (χ4v) is 2.35. The quantitative estimate of drug-likeness (QED) is 0.837. The maximum atomic E-state index is 13.5. The van der Waals surface area contributed by atoms with Crippen LogP contribution in [-0.2, 0) is 13.1 Å². The van der Waals surface area contributed by atoms with Gasteiger partial charge in [-0.1, -0.05) is 24.3 Å². The number of hydrogen-bond donors (Lipinski definition) is 1. The number of benzene rings is 2. The lowest BCUT2D eigenvalue weighted by molar-refractivity contribution is 0.203. The van der Waals surface area contributed by atoms with Crippen LogP contribution < -0.4 is 5.73 Å². The Morgan fingerprint density at radius 2 is 1.71 bits per heavy atom. The fourth-order valence-electron chi connectivity index (χ4n) is 2.35. The molecule has 2 N–H and O–H groups in total. The molecule has 3 heteroatoms. The number of para-hydroxylation sites is 1. The molecule has 0 fully saturated rings. The van der Waals surface area contributed by atoms with Crippen LogP contribution in [0.15, 0.2) is 42.5 Å². The predicted octanol–water partition coefficient (Wildman–Crippen LogP) is 4.13. The van der Waals surface area contributed by atoms with Gasteiger partial charge in [-0.05, 0) is 55.7 Å². The Morgan fingerprint density at radius 3 is 2.38 bits per heavy atom. The van der Waals surface area contributed by atoms with Crippen LogP contribution in [0.4, 0.5) is 10.1 Å². The van der Waals surface area contributed by atoms with Gasteiger partial charge in [-0.2, -0.15) is 0 Å². The fraction of sp³-hybridized carbons (Fsp3) is 0.333. The lowest BCUT2D eigenvalue weighted by Crippen LogP contribution is -2.30. The van der Waals surface area contributed by atoms with Crippen molar-refractivity contribution in [3.8, 4) is 0 Å². The third kappa shape index (κ3) is 4.05. The number of hydrogen-bond acceptors (Lipinski definition) is 2. The van der Waals surface area contributed by atoms with Gasteiger partial charge in [0.15, 0.2) is 0 Å². The van der Waals surface area contributed by atoms with Crippen LogP contribution in [0.25, 0.3) is 0 Å². The summed E-state index contributed by atoms with van der Waals surface area (Å²) in [6.07, 6.45) is 0. The molecule has 0 atom stereocenters. The van der Waals surface area contributed by atoms with Crippen LogP contribution in [0.3, 0.4) is 0 Å². The van der Waals surface area contributed by atoms with E-state index in [1.807, 2.05) is 37.3 Å². The van der Waals surface area contributed by atoms with E-state index >= 15 is 0 Å². The second-order valence-corrected chi connectivity index (χ2v) is 5.77. The largest absolute Gasteiger partial charge is 0.398 e. The lowest BCUT2D eigenvalue weighted by Gasteiger charge is -2.28. The number of nitrogens with two attached hydrogens (primary N) is 1. The summed E-state index contributed by atoms with van der Waals surface area (Å²) in [5, 5.41) is 0. The third-order valence-corrected chi connectivity index (χ3v) is 3.84. The molecule has 0 unspecified atom stereocenters. The Morgan fingerprint density at radius 1 is 1.05 bits per heavy atom. The van der Waals surface area contributed by atoms with E-state index < -0.39 is 0 Å². The van der Waals surface area contributed by atoms with Gasteiger partial charge in [0, 0.05) is 24.8 Å². The zero-order valence-electron chi connectivity index (χ0n) is 12.9. The Hall–Kier alpha value is -1.87. The molecule has 0 radical (unpaired) electrons. The summed E-state index contributed by atoms with van der Waals surface area (Å²) >= 11 is 0. The summed E-state index contributed by atoms with van der Waals surface area (Å²) in [7, 11) is 0. The highest BCUT2D eigenvalue weighted by Gasteiger charge is 2.14. The number of rotatable bonds is 5. The first-order valence-electron chi connectivity index (χ1n) is 7.30. The minimum absolute atomic E-state index is 0.182. The zero-order valence-corrected chi connectivity index (χ0v) is 12.9. The second-order valence-electron chi connectivity index (χ2n) is 5.77. The van der Waals surface area contributed by atoms with Crippen LogP contribution in [0, 0.1) is 12.7 Å². The zero-order chi connectivity index (χ0) is 15.4. The topological polar surface area (TPSA) is 29.3 Å². The van der Waals surface area contributed by atoms with E-state index in [0.29, 0.717) is 6.04 Å². The number of halogens is 1. The summed E-state index contributed by atoms with van der Waals surface area (Å²) in [4.78, 5) is 2.30. The monoisotopic (exact) mass is 286 g/mol. The second kappa shape index (κ2) is 6.72. The molecule has 2 aromatic rings. The van der Waals surface area contributed by atoms with Crippen molar-refractivity contribution in [1.29, 1.82) is 0 Å². The van der Waals surface area contributed by atoms with Gasteiger partial charge in [-0.25, -0.2) is 4.39 Å². The SMILES string of the molecule is Cc1ccc(F)cc1CN(Cc1ccccc1N)C(C)C. The Bertz CT molecular complexity index is 608. The highest BCUT2D eigenvalue weighted by molar-refractivity contribution is 5.46. The van der Waals surface area contributed by atoms with Crippen LogP contribution in [0.2, 0.25) is 0 Å². The molecule has 21 heavy (non-hydrogen) atoms. The summed E-state index contributed by atoms with van der Waals surface area (Å²) in [6, 6.07) is 13.2. The number of nitrogen functional groups attached to an aromatic ring is 1. The molecule has 2 nitrogen and oxygen atoms in total. The number of anilines is 1. The van der Waals surface area contributed by atoms with Crippen molar-refractivity contribution in [2.24, 2.45) is 0 Å². The van der Waals surface area contributed by atoms with E-state index in [4.69, 9.17) is 5.73 Å². The average molecular weight is 286 g/mol. The van der Waals surface area contributed by atoms with Gasteiger partial charge < -0.3 is 5.73 Å². The smallest absolute Gasteiger partial charge is 0.123 e. The molecule has 0 saturated carbocycles. The van der Waals surface area contributed by atoms with Crippen molar-refractivity contribution in [3.63, 3.8) is 0 Å². The molecule has 2 aromatic carbocycles. The minimum Gasteiger partial charge on any atom is -0.398 e. The summed E-state index contributed by atoms with van der Waals surface area (Å²) < 4.78 is 13.5. The van der Waals surface area contributed by atoms with E-state index in [1.165, 1.54) is 6.07 Å². The van der Waals surface area contributed by atoms with Gasteiger partial charge >= 0.3 is 0 Å². The van der Waals surface area contributed by atoms with Crippen LogP contribution >= 0.6 is 0 Å². The van der Waals surface area contributed by atoms with E-state index in [1.54, 1.807) is 6.07 Å².